The molecular formula is C18H33N3O2. The maximum absolute atomic E-state index is 5.97. The zero-order valence-corrected chi connectivity index (χ0v) is 14.9. The van der Waals surface area contributed by atoms with E-state index in [9.17, 15) is 0 Å². The van der Waals surface area contributed by atoms with Crippen molar-refractivity contribution in [1.29, 1.82) is 0 Å². The maximum atomic E-state index is 5.97. The fraction of sp³-hybridized carbons (Fsp3) is 0.944. The van der Waals surface area contributed by atoms with Gasteiger partial charge in [0.2, 0.25) is 0 Å². The Morgan fingerprint density at radius 2 is 1.96 bits per heavy atom. The first-order valence-corrected chi connectivity index (χ1v) is 9.47. The Morgan fingerprint density at radius 3 is 2.65 bits per heavy atom. The predicted octanol–water partition coefficient (Wildman–Crippen LogP) is 2.41. The van der Waals surface area contributed by atoms with Gasteiger partial charge in [0.05, 0.1) is 12.7 Å². The van der Waals surface area contributed by atoms with Crippen LogP contribution in [0.3, 0.4) is 0 Å². The summed E-state index contributed by atoms with van der Waals surface area (Å²) in [4.78, 5) is 7.36. The quantitative estimate of drug-likeness (QED) is 0.637. The second-order valence-electron chi connectivity index (χ2n) is 7.59. The predicted molar refractivity (Wildman–Crippen MR) is 92.8 cm³/mol. The number of nitrogens with one attached hydrogen (secondary N) is 1. The summed E-state index contributed by atoms with van der Waals surface area (Å²) < 4.78 is 11.8. The summed E-state index contributed by atoms with van der Waals surface area (Å²) >= 11 is 0. The highest BCUT2D eigenvalue weighted by molar-refractivity contribution is 5.80. The smallest absolute Gasteiger partial charge is 0.194 e. The lowest BCUT2D eigenvalue weighted by atomic mass is 9.89. The van der Waals surface area contributed by atoms with Gasteiger partial charge in [0.25, 0.3) is 0 Å². The van der Waals surface area contributed by atoms with Crippen LogP contribution in [0.4, 0.5) is 0 Å². The van der Waals surface area contributed by atoms with Crippen LogP contribution < -0.4 is 5.32 Å². The molecule has 3 aliphatic rings. The summed E-state index contributed by atoms with van der Waals surface area (Å²) in [6.07, 6.45) is 8.11. The average Bonchev–Trinajstić information content (AvgIpc) is 3.24. The van der Waals surface area contributed by atoms with E-state index in [4.69, 9.17) is 14.5 Å². The zero-order chi connectivity index (χ0) is 16.1. The second kappa shape index (κ2) is 7.84. The van der Waals surface area contributed by atoms with Crippen LogP contribution in [0.15, 0.2) is 4.99 Å². The number of ether oxygens (including phenoxy) is 2. The van der Waals surface area contributed by atoms with Crippen molar-refractivity contribution in [2.24, 2.45) is 10.4 Å². The molecule has 2 atom stereocenters. The lowest BCUT2D eigenvalue weighted by molar-refractivity contribution is -0.0817. The molecule has 0 aromatic heterocycles. The van der Waals surface area contributed by atoms with Gasteiger partial charge in [-0.3, -0.25) is 4.99 Å². The minimum absolute atomic E-state index is 0.192. The molecule has 2 aliphatic heterocycles. The Balaban J connectivity index is 1.62. The molecule has 0 radical (unpaired) electrons. The number of morpholine rings is 1. The van der Waals surface area contributed by atoms with Crippen LogP contribution in [-0.4, -0.2) is 62.5 Å². The third-order valence-electron chi connectivity index (χ3n) is 5.53. The molecule has 5 nitrogen and oxygen atoms in total. The van der Waals surface area contributed by atoms with E-state index in [2.05, 4.69) is 24.1 Å². The van der Waals surface area contributed by atoms with Crippen molar-refractivity contribution in [1.82, 2.24) is 10.2 Å². The van der Waals surface area contributed by atoms with Crippen molar-refractivity contribution in [3.63, 3.8) is 0 Å². The molecule has 0 aromatic carbocycles. The van der Waals surface area contributed by atoms with Crippen LogP contribution in [-0.2, 0) is 9.47 Å². The van der Waals surface area contributed by atoms with Crippen molar-refractivity contribution in [2.75, 3.05) is 39.4 Å². The highest BCUT2D eigenvalue weighted by atomic mass is 16.5. The van der Waals surface area contributed by atoms with Gasteiger partial charge in [-0.1, -0.05) is 19.8 Å². The van der Waals surface area contributed by atoms with Gasteiger partial charge in [0.15, 0.2) is 5.96 Å². The summed E-state index contributed by atoms with van der Waals surface area (Å²) in [6, 6.07) is 0. The van der Waals surface area contributed by atoms with Crippen LogP contribution in [0.1, 0.15) is 52.4 Å². The summed E-state index contributed by atoms with van der Waals surface area (Å²) in [5, 5.41) is 3.48. The third-order valence-corrected chi connectivity index (χ3v) is 5.53. The molecule has 0 spiro atoms. The molecule has 2 unspecified atom stereocenters. The Bertz CT molecular complexity index is 401. The third kappa shape index (κ3) is 4.38. The molecule has 132 valence electrons. The minimum Gasteiger partial charge on any atom is -0.375 e. The highest BCUT2D eigenvalue weighted by Crippen LogP contribution is 2.37. The minimum atomic E-state index is 0.192. The van der Waals surface area contributed by atoms with Gasteiger partial charge in [-0.15, -0.1) is 0 Å². The number of nitrogens with zero attached hydrogens (tertiary/aromatic N) is 2. The standard InChI is InChI=1S/C18H33N3O2/c1-3-19-17(20-14-18(2)8-4-5-9-18)21-10-12-23-16(13-21)15-7-6-11-22-15/h15-16H,3-14H2,1-2H3,(H,19,20). The number of hydrogen-bond acceptors (Lipinski definition) is 3. The zero-order valence-electron chi connectivity index (χ0n) is 14.9. The fourth-order valence-corrected chi connectivity index (χ4v) is 4.07. The van der Waals surface area contributed by atoms with Crippen molar-refractivity contribution in [3.05, 3.63) is 0 Å². The number of hydrogen-bond donors (Lipinski definition) is 1. The van der Waals surface area contributed by atoms with Crippen LogP contribution in [0.25, 0.3) is 0 Å². The van der Waals surface area contributed by atoms with E-state index in [1.54, 1.807) is 0 Å². The number of rotatable bonds is 4. The van der Waals surface area contributed by atoms with E-state index in [-0.39, 0.29) is 12.2 Å². The summed E-state index contributed by atoms with van der Waals surface area (Å²) in [7, 11) is 0. The van der Waals surface area contributed by atoms with Gasteiger partial charge in [-0.05, 0) is 38.0 Å². The molecule has 0 bridgehead atoms. The fourth-order valence-electron chi connectivity index (χ4n) is 4.07. The van der Waals surface area contributed by atoms with Crippen LogP contribution in [0.2, 0.25) is 0 Å². The van der Waals surface area contributed by atoms with Crippen LogP contribution in [0.5, 0.6) is 0 Å². The van der Waals surface area contributed by atoms with Crippen LogP contribution >= 0.6 is 0 Å². The molecule has 2 saturated heterocycles. The largest absolute Gasteiger partial charge is 0.375 e. The summed E-state index contributed by atoms with van der Waals surface area (Å²) in [5.41, 5.74) is 0.404. The van der Waals surface area contributed by atoms with Gasteiger partial charge in [0.1, 0.15) is 6.10 Å². The van der Waals surface area contributed by atoms with E-state index in [0.29, 0.717) is 5.41 Å². The molecule has 0 amide bonds. The van der Waals surface area contributed by atoms with Gasteiger partial charge in [0, 0.05) is 32.8 Å². The van der Waals surface area contributed by atoms with Gasteiger partial charge in [-0.25, -0.2) is 0 Å². The van der Waals surface area contributed by atoms with E-state index >= 15 is 0 Å². The van der Waals surface area contributed by atoms with E-state index in [0.717, 1.165) is 58.2 Å². The summed E-state index contributed by atoms with van der Waals surface area (Å²) in [6.45, 7) is 9.86. The topological polar surface area (TPSA) is 46.1 Å². The van der Waals surface area contributed by atoms with Gasteiger partial charge < -0.3 is 19.7 Å². The molecule has 5 heteroatoms. The maximum Gasteiger partial charge on any atom is 0.194 e. The first-order valence-electron chi connectivity index (χ1n) is 9.47. The Morgan fingerprint density at radius 1 is 1.17 bits per heavy atom. The molecule has 3 fully saturated rings. The van der Waals surface area contributed by atoms with Crippen molar-refractivity contribution in [3.8, 4) is 0 Å². The molecular weight excluding hydrogens is 290 g/mol. The molecule has 1 N–H and O–H groups in total. The van der Waals surface area contributed by atoms with Crippen molar-refractivity contribution >= 4 is 5.96 Å². The monoisotopic (exact) mass is 323 g/mol. The molecule has 1 saturated carbocycles. The van der Waals surface area contributed by atoms with Gasteiger partial charge >= 0.3 is 0 Å². The molecule has 3 rings (SSSR count). The molecule has 23 heavy (non-hydrogen) atoms. The van der Waals surface area contributed by atoms with E-state index < -0.39 is 0 Å². The number of aliphatic imine (C=N–C) groups is 1. The first-order chi connectivity index (χ1) is 11.2. The SMILES string of the molecule is CCNC(=NCC1(C)CCCC1)N1CCOC(C2CCCO2)C1. The Kier molecular flexibility index (Phi) is 5.81. The highest BCUT2D eigenvalue weighted by Gasteiger charge is 2.33. The summed E-state index contributed by atoms with van der Waals surface area (Å²) in [5.74, 6) is 1.06. The number of guanidine groups is 1. The lowest BCUT2D eigenvalue weighted by Crippen LogP contribution is -2.53. The van der Waals surface area contributed by atoms with Crippen molar-refractivity contribution < 1.29 is 9.47 Å². The molecule has 1 aliphatic carbocycles. The normalized spacial score (nSPS) is 31.6. The lowest BCUT2D eigenvalue weighted by Gasteiger charge is -2.37. The van der Waals surface area contributed by atoms with E-state index in [1.165, 1.54) is 25.7 Å². The first kappa shape index (κ1) is 17.0. The molecule has 0 aromatic rings. The second-order valence-corrected chi connectivity index (χ2v) is 7.59. The van der Waals surface area contributed by atoms with E-state index in [1.807, 2.05) is 0 Å². The average molecular weight is 323 g/mol. The van der Waals surface area contributed by atoms with Crippen LogP contribution in [0, 0.1) is 5.41 Å². The Labute approximate surface area is 140 Å². The molecule has 2 heterocycles. The van der Waals surface area contributed by atoms with Crippen molar-refractivity contribution in [2.45, 2.75) is 64.6 Å². The van der Waals surface area contributed by atoms with Gasteiger partial charge in [-0.2, -0.15) is 0 Å². The Hall–Kier alpha value is -0.810.